The summed E-state index contributed by atoms with van der Waals surface area (Å²) in [4.78, 5) is 8.05. The van der Waals surface area contributed by atoms with Gasteiger partial charge in [-0.1, -0.05) is 23.9 Å². The van der Waals surface area contributed by atoms with Gasteiger partial charge in [0.2, 0.25) is 0 Å². The summed E-state index contributed by atoms with van der Waals surface area (Å²) in [5.74, 6) is 0.710. The molecule has 0 unspecified atom stereocenters. The van der Waals surface area contributed by atoms with Crippen molar-refractivity contribution in [1.29, 1.82) is 0 Å². The summed E-state index contributed by atoms with van der Waals surface area (Å²) >= 11 is 4.64. The molecule has 3 nitrogen and oxygen atoms in total. The molecule has 1 aromatic heterocycles. The van der Waals surface area contributed by atoms with Gasteiger partial charge in [-0.15, -0.1) is 0 Å². The third kappa shape index (κ3) is 2.95. The van der Waals surface area contributed by atoms with Gasteiger partial charge in [0, 0.05) is 18.1 Å². The fourth-order valence-electron chi connectivity index (χ4n) is 1.25. The molecule has 2 N–H and O–H groups in total. The van der Waals surface area contributed by atoms with Crippen molar-refractivity contribution in [2.75, 3.05) is 5.73 Å². The zero-order valence-corrected chi connectivity index (χ0v) is 11.1. The van der Waals surface area contributed by atoms with Crippen molar-refractivity contribution >= 4 is 33.5 Å². The van der Waals surface area contributed by atoms with Crippen LogP contribution in [0.4, 0.5) is 10.2 Å². The van der Waals surface area contributed by atoms with Gasteiger partial charge in [0.1, 0.15) is 10.8 Å². The second-order valence-electron chi connectivity index (χ2n) is 3.25. The van der Waals surface area contributed by atoms with Crippen molar-refractivity contribution < 1.29 is 4.39 Å². The van der Waals surface area contributed by atoms with Crippen LogP contribution in [0.3, 0.4) is 0 Å². The van der Waals surface area contributed by atoms with Crippen molar-refractivity contribution in [3.8, 4) is 0 Å². The molecule has 0 saturated heterocycles. The summed E-state index contributed by atoms with van der Waals surface area (Å²) < 4.78 is 13.8. The molecule has 0 spiro atoms. The van der Waals surface area contributed by atoms with E-state index < -0.39 is 0 Å². The molecule has 2 aromatic rings. The first-order valence-corrected chi connectivity index (χ1v) is 6.58. The van der Waals surface area contributed by atoms with E-state index in [1.165, 1.54) is 24.0 Å². The number of benzene rings is 1. The number of nitrogens with zero attached hydrogens (tertiary/aromatic N) is 2. The summed E-state index contributed by atoms with van der Waals surface area (Å²) in [5, 5.41) is 0.656. The highest BCUT2D eigenvalue weighted by Crippen LogP contribution is 2.29. The standard InChI is InChI=1S/C11H9BrFN3S/c12-9-7(2-1-3-8(9)13)6-17-11-10(14)15-4-5-16-11/h1-5H,6H2,(H2,14,15). The zero-order chi connectivity index (χ0) is 12.3. The predicted octanol–water partition coefficient (Wildman–Crippen LogP) is 3.25. The first-order chi connectivity index (χ1) is 8.18. The molecule has 2 rings (SSSR count). The van der Waals surface area contributed by atoms with E-state index in [9.17, 15) is 4.39 Å². The first-order valence-electron chi connectivity index (χ1n) is 4.80. The number of nitrogens with two attached hydrogens (primary N) is 1. The van der Waals surface area contributed by atoms with Crippen molar-refractivity contribution in [2.45, 2.75) is 10.8 Å². The van der Waals surface area contributed by atoms with E-state index in [2.05, 4.69) is 25.9 Å². The lowest BCUT2D eigenvalue weighted by molar-refractivity contribution is 0.619. The van der Waals surface area contributed by atoms with E-state index in [1.54, 1.807) is 12.3 Å². The zero-order valence-electron chi connectivity index (χ0n) is 8.73. The van der Waals surface area contributed by atoms with Gasteiger partial charge in [0.25, 0.3) is 0 Å². The maximum absolute atomic E-state index is 13.3. The molecular formula is C11H9BrFN3S. The molecular weight excluding hydrogens is 305 g/mol. The molecule has 0 bridgehead atoms. The predicted molar refractivity (Wildman–Crippen MR) is 70.1 cm³/mol. The van der Waals surface area contributed by atoms with Crippen LogP contribution in [0.5, 0.6) is 0 Å². The van der Waals surface area contributed by atoms with Gasteiger partial charge in [-0.2, -0.15) is 0 Å². The molecule has 88 valence electrons. The average Bonchev–Trinajstić information content (AvgIpc) is 2.33. The highest BCUT2D eigenvalue weighted by molar-refractivity contribution is 9.10. The van der Waals surface area contributed by atoms with Gasteiger partial charge in [-0.3, -0.25) is 0 Å². The Labute approximate surface area is 111 Å². The number of nitrogen functional groups attached to an aromatic ring is 1. The van der Waals surface area contributed by atoms with E-state index in [0.29, 0.717) is 21.1 Å². The third-order valence-electron chi connectivity index (χ3n) is 2.09. The molecule has 0 aliphatic carbocycles. The highest BCUT2D eigenvalue weighted by atomic mass is 79.9. The molecule has 17 heavy (non-hydrogen) atoms. The smallest absolute Gasteiger partial charge is 0.156 e. The van der Waals surface area contributed by atoms with Crippen LogP contribution >= 0.6 is 27.7 Å². The number of thioether (sulfide) groups is 1. The number of hydrogen-bond donors (Lipinski definition) is 1. The minimum absolute atomic E-state index is 0.268. The van der Waals surface area contributed by atoms with Crippen molar-refractivity contribution in [2.24, 2.45) is 0 Å². The SMILES string of the molecule is Nc1nccnc1SCc1cccc(F)c1Br. The monoisotopic (exact) mass is 313 g/mol. The average molecular weight is 314 g/mol. The van der Waals surface area contributed by atoms with E-state index >= 15 is 0 Å². The molecule has 6 heteroatoms. The summed E-state index contributed by atoms with van der Waals surface area (Å²) in [6.07, 6.45) is 3.12. The molecule has 1 heterocycles. The first kappa shape index (κ1) is 12.3. The van der Waals surface area contributed by atoms with Crippen LogP contribution < -0.4 is 5.73 Å². The Morgan fingerprint density at radius 2 is 2.06 bits per heavy atom. The Balaban J connectivity index is 2.13. The maximum Gasteiger partial charge on any atom is 0.156 e. The number of halogens is 2. The summed E-state index contributed by atoms with van der Waals surface area (Å²) in [6.45, 7) is 0. The van der Waals surface area contributed by atoms with Crippen LogP contribution in [0, 0.1) is 5.82 Å². The van der Waals surface area contributed by atoms with Crippen molar-refractivity contribution in [1.82, 2.24) is 9.97 Å². The molecule has 0 atom stereocenters. The van der Waals surface area contributed by atoms with Crippen LogP contribution in [0.25, 0.3) is 0 Å². The lowest BCUT2D eigenvalue weighted by Crippen LogP contribution is -1.95. The molecule has 0 amide bonds. The van der Waals surface area contributed by atoms with E-state index in [1.807, 2.05) is 6.07 Å². The van der Waals surface area contributed by atoms with Crippen LogP contribution in [0.15, 0.2) is 40.1 Å². The number of aromatic nitrogens is 2. The van der Waals surface area contributed by atoms with Crippen LogP contribution in [-0.4, -0.2) is 9.97 Å². The van der Waals surface area contributed by atoms with Crippen molar-refractivity contribution in [3.05, 3.63) is 46.4 Å². The normalized spacial score (nSPS) is 10.5. The molecule has 0 saturated carbocycles. The van der Waals surface area contributed by atoms with E-state index in [4.69, 9.17) is 5.73 Å². The van der Waals surface area contributed by atoms with Crippen LogP contribution in [-0.2, 0) is 5.75 Å². The third-order valence-corrected chi connectivity index (χ3v) is 4.02. The van der Waals surface area contributed by atoms with Gasteiger partial charge < -0.3 is 5.73 Å². The van der Waals surface area contributed by atoms with E-state index in [-0.39, 0.29) is 5.82 Å². The fraction of sp³-hybridized carbons (Fsp3) is 0.0909. The number of hydrogen-bond acceptors (Lipinski definition) is 4. The fourth-order valence-corrected chi connectivity index (χ4v) is 2.71. The summed E-state index contributed by atoms with van der Waals surface area (Å²) in [5.41, 5.74) is 6.53. The summed E-state index contributed by atoms with van der Waals surface area (Å²) in [6, 6.07) is 4.94. The lowest BCUT2D eigenvalue weighted by Gasteiger charge is -2.05. The van der Waals surface area contributed by atoms with E-state index in [0.717, 1.165) is 5.56 Å². The van der Waals surface area contributed by atoms with Gasteiger partial charge in [-0.05, 0) is 27.6 Å². The Hall–Kier alpha value is -1.14. The second-order valence-corrected chi connectivity index (χ2v) is 5.01. The second kappa shape index (κ2) is 5.46. The Kier molecular flexibility index (Phi) is 3.96. The van der Waals surface area contributed by atoms with Gasteiger partial charge in [0.05, 0.1) is 4.47 Å². The van der Waals surface area contributed by atoms with Gasteiger partial charge in [-0.25, -0.2) is 14.4 Å². The largest absolute Gasteiger partial charge is 0.381 e. The molecule has 0 fully saturated rings. The van der Waals surface area contributed by atoms with Gasteiger partial charge >= 0.3 is 0 Å². The quantitative estimate of drug-likeness (QED) is 0.884. The Morgan fingerprint density at radius 1 is 1.29 bits per heavy atom. The number of anilines is 1. The minimum Gasteiger partial charge on any atom is -0.381 e. The Morgan fingerprint density at radius 3 is 2.82 bits per heavy atom. The Bertz CT molecular complexity index is 536. The number of rotatable bonds is 3. The maximum atomic E-state index is 13.3. The topological polar surface area (TPSA) is 51.8 Å². The minimum atomic E-state index is -0.268. The van der Waals surface area contributed by atoms with Crippen LogP contribution in [0.1, 0.15) is 5.56 Å². The lowest BCUT2D eigenvalue weighted by atomic mass is 10.2. The van der Waals surface area contributed by atoms with Crippen molar-refractivity contribution in [3.63, 3.8) is 0 Å². The summed E-state index contributed by atoms with van der Waals surface area (Å²) in [7, 11) is 0. The van der Waals surface area contributed by atoms with Crippen LogP contribution in [0.2, 0.25) is 0 Å². The molecule has 0 aliphatic heterocycles. The molecule has 0 aliphatic rings. The molecule has 0 radical (unpaired) electrons. The highest BCUT2D eigenvalue weighted by Gasteiger charge is 2.07. The van der Waals surface area contributed by atoms with Gasteiger partial charge in [0.15, 0.2) is 5.82 Å². The molecule has 1 aromatic carbocycles.